The molecule has 0 fully saturated rings. The Hall–Kier alpha value is -1.06. The van der Waals surface area contributed by atoms with Gasteiger partial charge < -0.3 is 9.88 Å². The number of nitrogens with zero attached hydrogens (tertiary/aromatic N) is 3. The summed E-state index contributed by atoms with van der Waals surface area (Å²) in [5.41, 5.74) is 0. The molecule has 0 saturated carbocycles. The van der Waals surface area contributed by atoms with E-state index < -0.39 is 0 Å². The molecule has 4 heteroatoms. The van der Waals surface area contributed by atoms with Gasteiger partial charge in [-0.05, 0) is 13.8 Å². The first-order valence-electron chi connectivity index (χ1n) is 3.30. The van der Waals surface area contributed by atoms with Crippen molar-refractivity contribution in [2.45, 2.75) is 19.9 Å². The number of hydrogen-bond donors (Lipinski definition) is 1. The van der Waals surface area contributed by atoms with Crippen LogP contribution in [0.15, 0.2) is 6.33 Å². The van der Waals surface area contributed by atoms with Crippen LogP contribution < -0.4 is 5.32 Å². The fraction of sp³-hybridized carbons (Fsp3) is 0.667. The molecule has 0 aromatic carbocycles. The molecule has 0 radical (unpaired) electrons. The third-order valence-corrected chi connectivity index (χ3v) is 1.13. The highest BCUT2D eigenvalue weighted by molar-refractivity contribution is 5.23. The van der Waals surface area contributed by atoms with E-state index in [1.54, 1.807) is 6.33 Å². The summed E-state index contributed by atoms with van der Waals surface area (Å²) in [5.74, 6) is 0.815. The van der Waals surface area contributed by atoms with Crippen molar-refractivity contribution in [2.75, 3.05) is 5.32 Å². The summed E-state index contributed by atoms with van der Waals surface area (Å²) in [5, 5.41) is 10.7. The molecule has 0 amide bonds. The Bertz CT molecular complexity index is 203. The van der Waals surface area contributed by atoms with Gasteiger partial charge in [-0.25, -0.2) is 0 Å². The second-order valence-corrected chi connectivity index (χ2v) is 2.56. The van der Waals surface area contributed by atoms with E-state index >= 15 is 0 Å². The lowest BCUT2D eigenvalue weighted by Crippen LogP contribution is -2.13. The molecule has 1 N–H and O–H groups in total. The zero-order valence-electron chi connectivity index (χ0n) is 6.50. The van der Waals surface area contributed by atoms with Gasteiger partial charge in [-0.2, -0.15) is 0 Å². The van der Waals surface area contributed by atoms with E-state index in [0.717, 1.165) is 5.95 Å². The molecule has 56 valence electrons. The molecule has 1 heterocycles. The van der Waals surface area contributed by atoms with E-state index in [9.17, 15) is 0 Å². The van der Waals surface area contributed by atoms with Crippen molar-refractivity contribution < 1.29 is 0 Å². The van der Waals surface area contributed by atoms with Crippen LogP contribution in [0.2, 0.25) is 0 Å². The highest BCUT2D eigenvalue weighted by Crippen LogP contribution is 1.99. The maximum atomic E-state index is 3.86. The van der Waals surface area contributed by atoms with E-state index in [4.69, 9.17) is 0 Å². The molecule has 0 spiro atoms. The Morgan fingerprint density at radius 2 is 2.30 bits per heavy atom. The van der Waals surface area contributed by atoms with Crippen LogP contribution in [0, 0.1) is 0 Å². The van der Waals surface area contributed by atoms with E-state index in [0.29, 0.717) is 6.04 Å². The van der Waals surface area contributed by atoms with Gasteiger partial charge in [0.05, 0.1) is 0 Å². The molecule has 1 aromatic heterocycles. The minimum absolute atomic E-state index is 0.405. The third kappa shape index (κ3) is 1.46. The molecule has 0 aliphatic rings. The first-order chi connectivity index (χ1) is 4.70. The summed E-state index contributed by atoms with van der Waals surface area (Å²) in [6, 6.07) is 0.405. The normalized spacial score (nSPS) is 10.4. The minimum atomic E-state index is 0.405. The van der Waals surface area contributed by atoms with E-state index in [2.05, 4.69) is 29.4 Å². The fourth-order valence-electron chi connectivity index (χ4n) is 0.672. The summed E-state index contributed by atoms with van der Waals surface area (Å²) >= 11 is 0. The largest absolute Gasteiger partial charge is 0.352 e. The van der Waals surface area contributed by atoms with Crippen LogP contribution >= 0.6 is 0 Å². The molecule has 1 rings (SSSR count). The van der Waals surface area contributed by atoms with E-state index in [1.165, 1.54) is 0 Å². The van der Waals surface area contributed by atoms with E-state index in [1.807, 2.05) is 11.6 Å². The topological polar surface area (TPSA) is 42.7 Å². The van der Waals surface area contributed by atoms with Gasteiger partial charge in [0.1, 0.15) is 6.33 Å². The van der Waals surface area contributed by atoms with Crippen molar-refractivity contribution in [3.63, 3.8) is 0 Å². The first-order valence-corrected chi connectivity index (χ1v) is 3.30. The van der Waals surface area contributed by atoms with Gasteiger partial charge in [0.2, 0.25) is 5.95 Å². The molecule has 0 unspecified atom stereocenters. The van der Waals surface area contributed by atoms with Gasteiger partial charge in [-0.15, -0.1) is 10.2 Å². The number of rotatable bonds is 2. The van der Waals surface area contributed by atoms with Crippen molar-refractivity contribution in [1.82, 2.24) is 14.8 Å². The van der Waals surface area contributed by atoms with Crippen molar-refractivity contribution in [2.24, 2.45) is 7.05 Å². The van der Waals surface area contributed by atoms with Gasteiger partial charge in [-0.1, -0.05) is 0 Å². The quantitative estimate of drug-likeness (QED) is 0.655. The van der Waals surface area contributed by atoms with Crippen LogP contribution in [-0.4, -0.2) is 20.8 Å². The number of hydrogen-bond acceptors (Lipinski definition) is 3. The molecular formula is C6H12N4. The van der Waals surface area contributed by atoms with Crippen molar-refractivity contribution in [1.29, 1.82) is 0 Å². The number of anilines is 1. The van der Waals surface area contributed by atoms with Crippen LogP contribution in [0.1, 0.15) is 13.8 Å². The average Bonchev–Trinajstić information content (AvgIpc) is 2.15. The molecule has 1 aromatic rings. The second kappa shape index (κ2) is 2.68. The predicted molar refractivity (Wildman–Crippen MR) is 39.8 cm³/mol. The average molecular weight is 140 g/mol. The summed E-state index contributed by atoms with van der Waals surface area (Å²) in [6.45, 7) is 4.13. The standard InChI is InChI=1S/C6H12N4/c1-5(2)8-6-9-7-4-10(6)3/h4-5H,1-3H3,(H,8,9). The lowest BCUT2D eigenvalue weighted by atomic mass is 10.4. The number of aromatic nitrogens is 3. The molecule has 0 atom stereocenters. The Morgan fingerprint density at radius 3 is 2.70 bits per heavy atom. The highest BCUT2D eigenvalue weighted by Gasteiger charge is 1.99. The minimum Gasteiger partial charge on any atom is -0.352 e. The Balaban J connectivity index is 2.65. The zero-order chi connectivity index (χ0) is 7.56. The van der Waals surface area contributed by atoms with Crippen LogP contribution in [0.4, 0.5) is 5.95 Å². The molecule has 0 aliphatic carbocycles. The highest BCUT2D eigenvalue weighted by atomic mass is 15.3. The Labute approximate surface area is 60.3 Å². The molecule has 0 saturated heterocycles. The molecule has 10 heavy (non-hydrogen) atoms. The summed E-state index contributed by atoms with van der Waals surface area (Å²) < 4.78 is 1.85. The SMILES string of the molecule is CC(C)Nc1nncn1C. The third-order valence-electron chi connectivity index (χ3n) is 1.13. The van der Waals surface area contributed by atoms with Crippen molar-refractivity contribution >= 4 is 5.95 Å². The van der Waals surface area contributed by atoms with Gasteiger partial charge in [0, 0.05) is 13.1 Å². The van der Waals surface area contributed by atoms with Gasteiger partial charge in [0.15, 0.2) is 0 Å². The molecule has 0 bridgehead atoms. The maximum Gasteiger partial charge on any atom is 0.224 e. The zero-order valence-corrected chi connectivity index (χ0v) is 6.50. The monoisotopic (exact) mass is 140 g/mol. The van der Waals surface area contributed by atoms with Gasteiger partial charge >= 0.3 is 0 Å². The maximum absolute atomic E-state index is 3.86. The van der Waals surface area contributed by atoms with Crippen LogP contribution in [0.25, 0.3) is 0 Å². The van der Waals surface area contributed by atoms with Crippen molar-refractivity contribution in [3.8, 4) is 0 Å². The lowest BCUT2D eigenvalue weighted by Gasteiger charge is -2.06. The number of nitrogens with one attached hydrogen (secondary N) is 1. The van der Waals surface area contributed by atoms with Gasteiger partial charge in [0.25, 0.3) is 0 Å². The van der Waals surface area contributed by atoms with Crippen LogP contribution in [0.5, 0.6) is 0 Å². The van der Waals surface area contributed by atoms with Gasteiger partial charge in [-0.3, -0.25) is 0 Å². The fourth-order valence-corrected chi connectivity index (χ4v) is 0.672. The second-order valence-electron chi connectivity index (χ2n) is 2.56. The Morgan fingerprint density at radius 1 is 1.60 bits per heavy atom. The van der Waals surface area contributed by atoms with Crippen LogP contribution in [-0.2, 0) is 7.05 Å². The molecular weight excluding hydrogens is 128 g/mol. The lowest BCUT2D eigenvalue weighted by molar-refractivity contribution is 0.832. The summed E-state index contributed by atoms with van der Waals surface area (Å²) in [7, 11) is 1.91. The molecule has 0 aliphatic heterocycles. The Kier molecular flexibility index (Phi) is 1.89. The number of aryl methyl sites for hydroxylation is 1. The summed E-state index contributed by atoms with van der Waals surface area (Å²) in [4.78, 5) is 0. The van der Waals surface area contributed by atoms with Crippen LogP contribution in [0.3, 0.4) is 0 Å². The predicted octanol–water partition coefficient (Wildman–Crippen LogP) is 0.635. The van der Waals surface area contributed by atoms with Crippen molar-refractivity contribution in [3.05, 3.63) is 6.33 Å². The molecule has 4 nitrogen and oxygen atoms in total. The summed E-state index contributed by atoms with van der Waals surface area (Å²) in [6.07, 6.45) is 1.67. The first kappa shape index (κ1) is 7.05. The van der Waals surface area contributed by atoms with E-state index in [-0.39, 0.29) is 0 Å². The smallest absolute Gasteiger partial charge is 0.224 e.